The van der Waals surface area contributed by atoms with Crippen LogP contribution in [0.5, 0.6) is 0 Å². The Labute approximate surface area is 246 Å². The topological polar surface area (TPSA) is 142 Å². The number of aromatic nitrogens is 6. The van der Waals surface area contributed by atoms with E-state index in [1.807, 2.05) is 17.0 Å². The normalized spacial score (nSPS) is 16.9. The van der Waals surface area contributed by atoms with Crippen molar-refractivity contribution in [2.24, 2.45) is 0 Å². The maximum Gasteiger partial charge on any atom is 0.222 e. The van der Waals surface area contributed by atoms with E-state index >= 15 is 4.39 Å². The Bertz CT molecular complexity index is 1900. The second-order valence-electron chi connectivity index (χ2n) is 10.9. The molecule has 214 valence electrons. The Morgan fingerprint density at radius 1 is 1.07 bits per heavy atom. The van der Waals surface area contributed by atoms with Gasteiger partial charge in [-0.1, -0.05) is 24.3 Å². The van der Waals surface area contributed by atoms with Crippen molar-refractivity contribution in [3.05, 3.63) is 89.3 Å². The number of benzene rings is 2. The van der Waals surface area contributed by atoms with Crippen LogP contribution in [0.25, 0.3) is 28.2 Å². The highest BCUT2D eigenvalue weighted by molar-refractivity contribution is 5.83. The van der Waals surface area contributed by atoms with Gasteiger partial charge in [-0.25, -0.2) is 18.9 Å². The largest absolute Gasteiger partial charge is 0.381 e. The van der Waals surface area contributed by atoms with Gasteiger partial charge in [-0.05, 0) is 41.8 Å². The van der Waals surface area contributed by atoms with Crippen molar-refractivity contribution in [2.45, 2.75) is 31.8 Å². The van der Waals surface area contributed by atoms with Crippen molar-refractivity contribution >= 4 is 17.4 Å². The smallest absolute Gasteiger partial charge is 0.222 e. The zero-order chi connectivity index (χ0) is 29.5. The van der Waals surface area contributed by atoms with E-state index in [-0.39, 0.29) is 30.0 Å². The summed E-state index contributed by atoms with van der Waals surface area (Å²) in [4.78, 5) is 25.8. The minimum Gasteiger partial charge on any atom is -0.381 e. The molecule has 0 spiro atoms. The van der Waals surface area contributed by atoms with Gasteiger partial charge in [-0.15, -0.1) is 0 Å². The highest BCUT2D eigenvalue weighted by atomic mass is 19.1. The zero-order valence-electron chi connectivity index (χ0n) is 23.2. The van der Waals surface area contributed by atoms with Crippen LogP contribution >= 0.6 is 0 Å². The molecule has 0 saturated carbocycles. The number of nitrogens with zero attached hydrogens (tertiary/aromatic N) is 9. The fraction of sp³-hybridized carbons (Fsp3) is 0.258. The van der Waals surface area contributed by atoms with Crippen LogP contribution in [-0.2, 0) is 17.8 Å². The van der Waals surface area contributed by atoms with Crippen molar-refractivity contribution in [3.8, 4) is 28.6 Å². The van der Waals surface area contributed by atoms with Crippen LogP contribution in [0.15, 0.2) is 60.9 Å². The number of carbonyl (C=O) groups is 1. The van der Waals surface area contributed by atoms with E-state index in [9.17, 15) is 10.1 Å². The number of nitrogen functional groups attached to an aromatic ring is 1. The third kappa shape index (κ3) is 4.93. The average Bonchev–Trinajstić information content (AvgIpc) is 3.62. The Hall–Kier alpha value is -5.28. The van der Waals surface area contributed by atoms with E-state index in [1.165, 1.54) is 6.07 Å². The molecule has 0 bridgehead atoms. The molecule has 2 aliphatic heterocycles. The molecule has 2 aliphatic rings. The van der Waals surface area contributed by atoms with Gasteiger partial charge in [0.2, 0.25) is 5.91 Å². The molecule has 1 unspecified atom stereocenters. The second-order valence-corrected chi connectivity index (χ2v) is 10.9. The lowest BCUT2D eigenvalue weighted by molar-refractivity contribution is -0.130. The first kappa shape index (κ1) is 26.6. The van der Waals surface area contributed by atoms with E-state index in [0.717, 1.165) is 25.1 Å². The summed E-state index contributed by atoms with van der Waals surface area (Å²) in [5.74, 6) is 0.437. The number of hydrogen-bond donors (Lipinski definition) is 1. The van der Waals surface area contributed by atoms with Crippen LogP contribution in [0.3, 0.4) is 0 Å². The van der Waals surface area contributed by atoms with Crippen molar-refractivity contribution in [1.29, 1.82) is 5.26 Å². The molecule has 5 aromatic rings. The van der Waals surface area contributed by atoms with Crippen LogP contribution in [0.2, 0.25) is 0 Å². The first-order valence-corrected chi connectivity index (χ1v) is 14.1. The van der Waals surface area contributed by atoms with Crippen molar-refractivity contribution in [2.75, 3.05) is 25.4 Å². The molecule has 1 atom stereocenters. The molecule has 3 aromatic heterocycles. The number of amides is 1. The predicted octanol–water partition coefficient (Wildman–Crippen LogP) is 3.24. The Morgan fingerprint density at radius 2 is 1.95 bits per heavy atom. The number of fused-ring (bicyclic) bond motifs is 2. The van der Waals surface area contributed by atoms with Gasteiger partial charge in [0.05, 0.1) is 29.7 Å². The lowest BCUT2D eigenvalue weighted by Gasteiger charge is -2.37. The summed E-state index contributed by atoms with van der Waals surface area (Å²) in [6, 6.07) is 16.3. The van der Waals surface area contributed by atoms with Crippen LogP contribution in [0.4, 0.5) is 10.2 Å². The maximum absolute atomic E-state index is 15.4. The summed E-state index contributed by atoms with van der Waals surface area (Å²) in [5, 5.41) is 22.2. The Morgan fingerprint density at radius 3 is 2.79 bits per heavy atom. The number of nitriles is 1. The standard InChI is InChI=1S/C31H27FN10O/c32-25-6-2-5-22(17-40-11-12-41-23(18-40)7-8-27(41)43)24(25)14-26-37-31-30(34)38-28(20-4-1-3-19(13-20)15-33)29(42(31)39-26)21-9-10-35-36-16-21/h1-6,9-10,13,16,23H,7-8,11-12,14,17-18H2,(H2,34,38). The van der Waals surface area contributed by atoms with Gasteiger partial charge in [-0.3, -0.25) is 9.69 Å². The third-order valence-electron chi connectivity index (χ3n) is 8.19. The number of piperazine rings is 1. The Kier molecular flexibility index (Phi) is 6.71. The molecule has 0 radical (unpaired) electrons. The first-order valence-electron chi connectivity index (χ1n) is 14.1. The molecule has 0 aliphatic carbocycles. The molecule has 43 heavy (non-hydrogen) atoms. The average molecular weight is 575 g/mol. The van der Waals surface area contributed by atoms with Gasteiger partial charge >= 0.3 is 0 Å². The highest BCUT2D eigenvalue weighted by Gasteiger charge is 2.35. The van der Waals surface area contributed by atoms with E-state index in [0.29, 0.717) is 64.6 Å². The lowest BCUT2D eigenvalue weighted by Crippen LogP contribution is -2.51. The first-order chi connectivity index (χ1) is 21.0. The van der Waals surface area contributed by atoms with Crippen LogP contribution in [0.1, 0.15) is 35.4 Å². The number of anilines is 1. The number of carbonyl (C=O) groups excluding carboxylic acids is 1. The van der Waals surface area contributed by atoms with Crippen LogP contribution < -0.4 is 5.73 Å². The van der Waals surface area contributed by atoms with Gasteiger partial charge in [0.15, 0.2) is 17.3 Å². The van der Waals surface area contributed by atoms with Crippen LogP contribution in [-0.4, -0.2) is 71.2 Å². The van der Waals surface area contributed by atoms with Gasteiger partial charge in [0.25, 0.3) is 0 Å². The molecule has 2 fully saturated rings. The van der Waals surface area contributed by atoms with E-state index in [4.69, 9.17) is 15.8 Å². The lowest BCUT2D eigenvalue weighted by atomic mass is 10.0. The molecule has 2 aromatic carbocycles. The van der Waals surface area contributed by atoms with Gasteiger partial charge in [-0.2, -0.15) is 20.6 Å². The summed E-state index contributed by atoms with van der Waals surface area (Å²) >= 11 is 0. The quantitative estimate of drug-likeness (QED) is 0.323. The van der Waals surface area contributed by atoms with E-state index in [1.54, 1.807) is 47.2 Å². The molecular formula is C31H27FN10O. The number of hydrogen-bond acceptors (Lipinski definition) is 9. The predicted molar refractivity (Wildman–Crippen MR) is 156 cm³/mol. The summed E-state index contributed by atoms with van der Waals surface area (Å²) < 4.78 is 17.0. The monoisotopic (exact) mass is 574 g/mol. The van der Waals surface area contributed by atoms with Crippen LogP contribution in [0, 0.1) is 17.1 Å². The maximum atomic E-state index is 15.4. The van der Waals surface area contributed by atoms with Crippen molar-refractivity contribution in [1.82, 2.24) is 39.6 Å². The number of nitrogens with two attached hydrogens (primary N) is 1. The molecular weight excluding hydrogens is 547 g/mol. The Balaban J connectivity index is 1.27. The molecule has 1 amide bonds. The number of rotatable bonds is 6. The van der Waals surface area contributed by atoms with E-state index in [2.05, 4.69) is 26.2 Å². The summed E-state index contributed by atoms with van der Waals surface area (Å²) in [5.41, 5.74) is 11.0. The van der Waals surface area contributed by atoms with Gasteiger partial charge < -0.3 is 10.6 Å². The minimum absolute atomic E-state index is 0.151. The SMILES string of the molecule is N#Cc1cccc(-c2nc(N)c3nc(Cc4c(F)cccc4CN4CCN5C(=O)CCC5C4)nn3c2-c2ccnnc2)c1. The zero-order valence-corrected chi connectivity index (χ0v) is 23.2. The van der Waals surface area contributed by atoms with Crippen molar-refractivity contribution in [3.63, 3.8) is 0 Å². The van der Waals surface area contributed by atoms with E-state index < -0.39 is 0 Å². The minimum atomic E-state index is -0.329. The van der Waals surface area contributed by atoms with Crippen molar-refractivity contribution < 1.29 is 9.18 Å². The van der Waals surface area contributed by atoms with Gasteiger partial charge in [0, 0.05) is 56.2 Å². The number of halogens is 1. The second kappa shape index (κ2) is 10.8. The molecule has 7 rings (SSSR count). The molecule has 11 nitrogen and oxygen atoms in total. The fourth-order valence-electron chi connectivity index (χ4n) is 6.12. The summed E-state index contributed by atoms with van der Waals surface area (Å²) in [6.07, 6.45) is 4.78. The fourth-order valence-corrected chi connectivity index (χ4v) is 6.12. The molecule has 2 N–H and O–H groups in total. The highest BCUT2D eigenvalue weighted by Crippen LogP contribution is 2.33. The molecule has 5 heterocycles. The molecule has 2 saturated heterocycles. The molecule has 12 heteroatoms. The summed E-state index contributed by atoms with van der Waals surface area (Å²) in [7, 11) is 0. The third-order valence-corrected chi connectivity index (χ3v) is 8.19. The van der Waals surface area contributed by atoms with Gasteiger partial charge in [0.1, 0.15) is 11.5 Å². The summed E-state index contributed by atoms with van der Waals surface area (Å²) in [6.45, 7) is 2.78.